The van der Waals surface area contributed by atoms with Gasteiger partial charge in [0.05, 0.1) is 13.2 Å². The van der Waals surface area contributed by atoms with Crippen molar-refractivity contribution in [2.45, 2.75) is 13.0 Å². The van der Waals surface area contributed by atoms with E-state index in [2.05, 4.69) is 27.9 Å². The zero-order chi connectivity index (χ0) is 12.8. The van der Waals surface area contributed by atoms with Crippen molar-refractivity contribution in [3.63, 3.8) is 0 Å². The van der Waals surface area contributed by atoms with E-state index in [1.165, 1.54) is 0 Å². The predicted molar refractivity (Wildman–Crippen MR) is 77.0 cm³/mol. The first kappa shape index (κ1) is 14.4. The maximum absolute atomic E-state index is 11.7. The van der Waals surface area contributed by atoms with Crippen LogP contribution in [0.2, 0.25) is 0 Å². The molecule has 0 saturated carbocycles. The lowest BCUT2D eigenvalue weighted by atomic mass is 10.3. The van der Waals surface area contributed by atoms with Crippen LogP contribution in [-0.2, 0) is 4.79 Å². The van der Waals surface area contributed by atoms with Crippen LogP contribution in [0.3, 0.4) is 0 Å². The Bertz CT molecular complexity index is 385. The Kier molecular flexibility index (Phi) is 5.87. The molecule has 0 aliphatic heterocycles. The predicted octanol–water partition coefficient (Wildman–Crippen LogP) is 1.54. The lowest BCUT2D eigenvalue weighted by Gasteiger charge is -2.21. The van der Waals surface area contributed by atoms with E-state index >= 15 is 0 Å². The fourth-order valence-corrected chi connectivity index (χ4v) is 1.83. The molecule has 0 saturated heterocycles. The van der Waals surface area contributed by atoms with Crippen molar-refractivity contribution in [1.82, 2.24) is 4.90 Å². The number of benzene rings is 1. The van der Waals surface area contributed by atoms with E-state index in [0.717, 1.165) is 9.26 Å². The quantitative estimate of drug-likeness (QED) is 0.794. The number of nitrogens with one attached hydrogen (secondary N) is 1. The number of rotatable bonds is 5. The van der Waals surface area contributed by atoms with Crippen molar-refractivity contribution in [2.75, 3.05) is 25.5 Å². The summed E-state index contributed by atoms with van der Waals surface area (Å²) in [5.41, 5.74) is 0.798. The number of carbonyl (C=O) groups excluding carboxylic acids is 1. The fraction of sp³-hybridized carbons (Fsp3) is 0.417. The highest BCUT2D eigenvalue weighted by Crippen LogP contribution is 2.12. The van der Waals surface area contributed by atoms with Gasteiger partial charge in [0, 0.05) is 15.3 Å². The number of aliphatic hydroxyl groups excluding tert-OH is 1. The summed E-state index contributed by atoms with van der Waals surface area (Å²) in [6, 6.07) is 7.62. The Morgan fingerprint density at radius 2 is 2.29 bits per heavy atom. The molecule has 17 heavy (non-hydrogen) atoms. The Labute approximate surface area is 115 Å². The average molecular weight is 348 g/mol. The van der Waals surface area contributed by atoms with Gasteiger partial charge in [0.25, 0.3) is 0 Å². The standard InChI is InChI=1S/C12H17IN2O2/c1-9(8-16)15(2)7-12(17)14-11-5-3-4-10(13)6-11/h3-6,9,16H,7-8H2,1-2H3,(H,14,17). The van der Waals surface area contributed by atoms with Crippen molar-refractivity contribution >= 4 is 34.2 Å². The molecule has 0 radical (unpaired) electrons. The van der Waals surface area contributed by atoms with E-state index in [0.29, 0.717) is 0 Å². The van der Waals surface area contributed by atoms with Crippen LogP contribution in [-0.4, -0.2) is 42.2 Å². The van der Waals surface area contributed by atoms with Gasteiger partial charge in [-0.3, -0.25) is 9.69 Å². The number of halogens is 1. The molecule has 94 valence electrons. The van der Waals surface area contributed by atoms with Crippen molar-refractivity contribution in [3.05, 3.63) is 27.8 Å². The van der Waals surface area contributed by atoms with E-state index in [9.17, 15) is 4.79 Å². The van der Waals surface area contributed by atoms with Crippen molar-refractivity contribution < 1.29 is 9.90 Å². The molecule has 5 heteroatoms. The van der Waals surface area contributed by atoms with Gasteiger partial charge in [-0.2, -0.15) is 0 Å². The lowest BCUT2D eigenvalue weighted by Crippen LogP contribution is -2.38. The third-order valence-electron chi connectivity index (χ3n) is 2.52. The summed E-state index contributed by atoms with van der Waals surface area (Å²) in [6.07, 6.45) is 0. The summed E-state index contributed by atoms with van der Waals surface area (Å²) in [7, 11) is 1.81. The third-order valence-corrected chi connectivity index (χ3v) is 3.19. The molecule has 0 aliphatic carbocycles. The Morgan fingerprint density at radius 3 is 2.88 bits per heavy atom. The minimum atomic E-state index is -0.0743. The first-order chi connectivity index (χ1) is 8.02. The monoisotopic (exact) mass is 348 g/mol. The highest BCUT2D eigenvalue weighted by Gasteiger charge is 2.12. The Morgan fingerprint density at radius 1 is 1.59 bits per heavy atom. The molecule has 4 nitrogen and oxygen atoms in total. The molecule has 0 bridgehead atoms. The van der Waals surface area contributed by atoms with Crippen molar-refractivity contribution in [3.8, 4) is 0 Å². The summed E-state index contributed by atoms with van der Waals surface area (Å²) >= 11 is 2.20. The summed E-state index contributed by atoms with van der Waals surface area (Å²) in [5.74, 6) is -0.0743. The normalized spacial score (nSPS) is 12.5. The maximum Gasteiger partial charge on any atom is 0.238 e. The second-order valence-electron chi connectivity index (χ2n) is 4.01. The highest BCUT2D eigenvalue weighted by atomic mass is 127. The molecular formula is C12H17IN2O2. The van der Waals surface area contributed by atoms with Gasteiger partial charge in [-0.25, -0.2) is 0 Å². The topological polar surface area (TPSA) is 52.6 Å². The minimum absolute atomic E-state index is 0.0170. The number of likely N-dealkylation sites (N-methyl/N-ethyl adjacent to an activating group) is 1. The zero-order valence-corrected chi connectivity index (χ0v) is 12.1. The van der Waals surface area contributed by atoms with Crippen LogP contribution in [0.4, 0.5) is 5.69 Å². The van der Waals surface area contributed by atoms with E-state index < -0.39 is 0 Å². The summed E-state index contributed by atoms with van der Waals surface area (Å²) in [4.78, 5) is 13.5. The molecular weight excluding hydrogens is 331 g/mol. The number of amides is 1. The summed E-state index contributed by atoms with van der Waals surface area (Å²) in [6.45, 7) is 2.19. The molecule has 0 spiro atoms. The number of carbonyl (C=O) groups is 1. The molecule has 1 rings (SSSR count). The van der Waals surface area contributed by atoms with Crippen LogP contribution in [0, 0.1) is 3.57 Å². The molecule has 1 unspecified atom stereocenters. The molecule has 1 aromatic rings. The second kappa shape index (κ2) is 6.93. The molecule has 0 aromatic heterocycles. The SMILES string of the molecule is CC(CO)N(C)CC(=O)Nc1cccc(I)c1. The first-order valence-corrected chi connectivity index (χ1v) is 6.47. The zero-order valence-electron chi connectivity index (χ0n) is 9.98. The van der Waals surface area contributed by atoms with Crippen molar-refractivity contribution in [1.29, 1.82) is 0 Å². The van der Waals surface area contributed by atoms with Gasteiger partial charge in [-0.15, -0.1) is 0 Å². The molecule has 0 heterocycles. The Hall–Kier alpha value is -0.660. The lowest BCUT2D eigenvalue weighted by molar-refractivity contribution is -0.117. The molecule has 1 amide bonds. The average Bonchev–Trinajstić information content (AvgIpc) is 2.27. The van der Waals surface area contributed by atoms with Gasteiger partial charge in [0.1, 0.15) is 0 Å². The summed E-state index contributed by atoms with van der Waals surface area (Å²) in [5, 5.41) is 11.8. The van der Waals surface area contributed by atoms with E-state index in [4.69, 9.17) is 5.11 Å². The molecule has 2 N–H and O–H groups in total. The summed E-state index contributed by atoms with van der Waals surface area (Å²) < 4.78 is 1.08. The number of hydrogen-bond acceptors (Lipinski definition) is 3. The highest BCUT2D eigenvalue weighted by molar-refractivity contribution is 14.1. The van der Waals surface area contributed by atoms with Gasteiger partial charge in [0.2, 0.25) is 5.91 Å². The molecule has 0 fully saturated rings. The van der Waals surface area contributed by atoms with Crippen LogP contribution >= 0.6 is 22.6 Å². The number of nitrogens with zero attached hydrogens (tertiary/aromatic N) is 1. The number of hydrogen-bond donors (Lipinski definition) is 2. The van der Waals surface area contributed by atoms with Gasteiger partial charge >= 0.3 is 0 Å². The fourth-order valence-electron chi connectivity index (χ4n) is 1.29. The van der Waals surface area contributed by atoms with Crippen LogP contribution in [0.5, 0.6) is 0 Å². The van der Waals surface area contributed by atoms with Crippen LogP contribution in [0.15, 0.2) is 24.3 Å². The molecule has 0 aliphatic rings. The van der Waals surface area contributed by atoms with E-state index in [1.54, 1.807) is 0 Å². The van der Waals surface area contributed by atoms with Gasteiger partial charge in [-0.1, -0.05) is 6.07 Å². The molecule has 1 atom stereocenters. The smallest absolute Gasteiger partial charge is 0.238 e. The second-order valence-corrected chi connectivity index (χ2v) is 5.25. The van der Waals surface area contributed by atoms with E-state index in [-0.39, 0.29) is 25.1 Å². The van der Waals surface area contributed by atoms with Gasteiger partial charge < -0.3 is 10.4 Å². The maximum atomic E-state index is 11.7. The first-order valence-electron chi connectivity index (χ1n) is 5.39. The van der Waals surface area contributed by atoms with Crippen LogP contribution in [0.1, 0.15) is 6.92 Å². The van der Waals surface area contributed by atoms with Crippen LogP contribution < -0.4 is 5.32 Å². The Balaban J connectivity index is 2.50. The van der Waals surface area contributed by atoms with Crippen molar-refractivity contribution in [2.24, 2.45) is 0 Å². The van der Waals surface area contributed by atoms with Gasteiger partial charge in [0.15, 0.2) is 0 Å². The number of aliphatic hydroxyl groups is 1. The van der Waals surface area contributed by atoms with Crippen LogP contribution in [0.25, 0.3) is 0 Å². The largest absolute Gasteiger partial charge is 0.395 e. The van der Waals surface area contributed by atoms with E-state index in [1.807, 2.05) is 43.1 Å². The minimum Gasteiger partial charge on any atom is -0.395 e. The third kappa shape index (κ3) is 5.01. The molecule has 1 aromatic carbocycles. The number of anilines is 1. The van der Waals surface area contributed by atoms with Gasteiger partial charge in [-0.05, 0) is 54.8 Å².